The molecular formula is C56H40N2O2. The minimum atomic E-state index is -0.174. The third-order valence-electron chi connectivity index (χ3n) is 13.7. The Balaban J connectivity index is 1.11. The summed E-state index contributed by atoms with van der Waals surface area (Å²) < 4.78 is 15.9. The Morgan fingerprint density at radius 1 is 0.433 bits per heavy atom. The summed E-state index contributed by atoms with van der Waals surface area (Å²) in [6, 6.07) is 61.7. The minimum Gasteiger partial charge on any atom is -0.456 e. The van der Waals surface area contributed by atoms with E-state index in [4.69, 9.17) is 8.83 Å². The molecule has 0 bridgehead atoms. The average Bonchev–Trinajstić information content (AvgIpc) is 4.04. The van der Waals surface area contributed by atoms with Crippen LogP contribution in [0.1, 0.15) is 49.9 Å². The predicted molar refractivity (Wildman–Crippen MR) is 248 cm³/mol. The van der Waals surface area contributed by atoms with Crippen molar-refractivity contribution in [3.63, 3.8) is 0 Å². The molecule has 3 aromatic heterocycles. The molecule has 3 heterocycles. The SMILES string of the molecule is CC1(C)c2ccccc2-c2cc3oc4cccc(N(c5ccc6c(c5)oc5ccccc56)c5ccc6c7c(n(-c8ccccc8)c6c5)-c5ccccc5C7(C)C)c4c3cc21. The quantitative estimate of drug-likeness (QED) is 0.179. The molecule has 0 aliphatic heterocycles. The van der Waals surface area contributed by atoms with Gasteiger partial charge in [0.15, 0.2) is 0 Å². The number of benzene rings is 8. The minimum absolute atomic E-state index is 0.147. The lowest BCUT2D eigenvalue weighted by atomic mass is 9.81. The van der Waals surface area contributed by atoms with Crippen molar-refractivity contribution in [2.24, 2.45) is 0 Å². The van der Waals surface area contributed by atoms with Crippen molar-refractivity contribution in [3.05, 3.63) is 192 Å². The highest BCUT2D eigenvalue weighted by Crippen LogP contribution is 2.56. The summed E-state index contributed by atoms with van der Waals surface area (Å²) in [6.07, 6.45) is 0. The molecule has 2 aliphatic rings. The maximum Gasteiger partial charge on any atom is 0.137 e. The lowest BCUT2D eigenvalue weighted by Crippen LogP contribution is -2.15. The summed E-state index contributed by atoms with van der Waals surface area (Å²) in [7, 11) is 0. The molecular weight excluding hydrogens is 733 g/mol. The van der Waals surface area contributed by atoms with Crippen molar-refractivity contribution in [2.75, 3.05) is 4.90 Å². The second-order valence-electron chi connectivity index (χ2n) is 17.7. The van der Waals surface area contributed by atoms with Gasteiger partial charge in [0.1, 0.15) is 22.3 Å². The molecule has 11 aromatic rings. The van der Waals surface area contributed by atoms with Crippen molar-refractivity contribution in [1.29, 1.82) is 0 Å². The molecule has 4 heteroatoms. The Morgan fingerprint density at radius 3 is 1.90 bits per heavy atom. The van der Waals surface area contributed by atoms with Crippen molar-refractivity contribution < 1.29 is 8.83 Å². The molecule has 2 aliphatic carbocycles. The van der Waals surface area contributed by atoms with Crippen LogP contribution < -0.4 is 4.90 Å². The number of anilines is 3. The molecule has 13 rings (SSSR count). The van der Waals surface area contributed by atoms with Crippen molar-refractivity contribution in [1.82, 2.24) is 4.57 Å². The van der Waals surface area contributed by atoms with Crippen LogP contribution in [0.3, 0.4) is 0 Å². The first-order chi connectivity index (χ1) is 29.3. The van der Waals surface area contributed by atoms with E-state index in [-0.39, 0.29) is 10.8 Å². The van der Waals surface area contributed by atoms with Crippen LogP contribution in [0.25, 0.3) is 82.9 Å². The van der Waals surface area contributed by atoms with Gasteiger partial charge in [0, 0.05) is 61.1 Å². The molecule has 286 valence electrons. The van der Waals surface area contributed by atoms with E-state index in [0.717, 1.165) is 66.6 Å². The molecule has 60 heavy (non-hydrogen) atoms. The number of rotatable bonds is 4. The Hall–Kier alpha value is -7.30. The van der Waals surface area contributed by atoms with Gasteiger partial charge in [0.25, 0.3) is 0 Å². The Labute approximate surface area is 347 Å². The van der Waals surface area contributed by atoms with Crippen LogP contribution in [-0.2, 0) is 10.8 Å². The highest BCUT2D eigenvalue weighted by Gasteiger charge is 2.41. The van der Waals surface area contributed by atoms with Crippen LogP contribution >= 0.6 is 0 Å². The second-order valence-corrected chi connectivity index (χ2v) is 17.7. The van der Waals surface area contributed by atoms with Gasteiger partial charge in [-0.1, -0.05) is 125 Å². The number of para-hydroxylation sites is 2. The molecule has 8 aromatic carbocycles. The van der Waals surface area contributed by atoms with E-state index in [0.29, 0.717) is 0 Å². The normalized spacial score (nSPS) is 14.6. The van der Waals surface area contributed by atoms with Gasteiger partial charge in [0.05, 0.1) is 22.3 Å². The van der Waals surface area contributed by atoms with E-state index >= 15 is 0 Å². The zero-order chi connectivity index (χ0) is 40.1. The van der Waals surface area contributed by atoms with E-state index in [1.54, 1.807) is 0 Å². The topological polar surface area (TPSA) is 34.5 Å². The van der Waals surface area contributed by atoms with E-state index in [1.807, 2.05) is 12.1 Å². The summed E-state index contributed by atoms with van der Waals surface area (Å²) in [5, 5.41) is 5.68. The van der Waals surface area contributed by atoms with Crippen LogP contribution in [0.4, 0.5) is 17.1 Å². The Kier molecular flexibility index (Phi) is 6.55. The van der Waals surface area contributed by atoms with E-state index in [1.165, 1.54) is 55.5 Å². The van der Waals surface area contributed by atoms with Gasteiger partial charge in [-0.3, -0.25) is 0 Å². The number of hydrogen-bond acceptors (Lipinski definition) is 3. The van der Waals surface area contributed by atoms with Crippen molar-refractivity contribution in [3.8, 4) is 28.1 Å². The Bertz CT molecular complexity index is 3610. The summed E-state index contributed by atoms with van der Waals surface area (Å²) in [6.45, 7) is 9.43. The van der Waals surface area contributed by atoms with Gasteiger partial charge in [-0.2, -0.15) is 0 Å². The van der Waals surface area contributed by atoms with Crippen molar-refractivity contribution >= 4 is 71.8 Å². The molecule has 0 fully saturated rings. The number of aromatic nitrogens is 1. The maximum atomic E-state index is 6.83. The molecule has 0 saturated heterocycles. The maximum absolute atomic E-state index is 6.83. The zero-order valence-corrected chi connectivity index (χ0v) is 33.9. The predicted octanol–water partition coefficient (Wildman–Crippen LogP) is 15.5. The van der Waals surface area contributed by atoms with Gasteiger partial charge in [-0.25, -0.2) is 0 Å². The van der Waals surface area contributed by atoms with Crippen LogP contribution in [0, 0.1) is 0 Å². The smallest absolute Gasteiger partial charge is 0.137 e. The monoisotopic (exact) mass is 772 g/mol. The summed E-state index contributed by atoms with van der Waals surface area (Å²) in [5.41, 5.74) is 19.1. The number of nitrogens with zero attached hydrogens (tertiary/aromatic N) is 2. The number of fused-ring (bicyclic) bond motifs is 14. The molecule has 0 spiro atoms. The van der Waals surface area contributed by atoms with Crippen LogP contribution in [-0.4, -0.2) is 4.57 Å². The van der Waals surface area contributed by atoms with E-state index < -0.39 is 0 Å². The lowest BCUT2D eigenvalue weighted by molar-refractivity contribution is 0.658. The molecule has 4 nitrogen and oxygen atoms in total. The van der Waals surface area contributed by atoms with Crippen molar-refractivity contribution in [2.45, 2.75) is 38.5 Å². The largest absolute Gasteiger partial charge is 0.456 e. The van der Waals surface area contributed by atoms with Gasteiger partial charge < -0.3 is 18.3 Å². The molecule has 0 atom stereocenters. The highest BCUT2D eigenvalue weighted by atomic mass is 16.3. The molecule has 0 N–H and O–H groups in total. The fourth-order valence-electron chi connectivity index (χ4n) is 11.0. The lowest BCUT2D eigenvalue weighted by Gasteiger charge is -2.27. The number of hydrogen-bond donors (Lipinski definition) is 0. The second kappa shape index (κ2) is 11.7. The third-order valence-corrected chi connectivity index (χ3v) is 13.7. The van der Waals surface area contributed by atoms with Crippen LogP contribution in [0.5, 0.6) is 0 Å². The van der Waals surface area contributed by atoms with Crippen LogP contribution in [0.2, 0.25) is 0 Å². The van der Waals surface area contributed by atoms with E-state index in [9.17, 15) is 0 Å². The summed E-state index contributed by atoms with van der Waals surface area (Å²) >= 11 is 0. The zero-order valence-electron chi connectivity index (χ0n) is 33.9. The molecule has 0 amide bonds. The fourth-order valence-corrected chi connectivity index (χ4v) is 11.0. The first kappa shape index (κ1) is 33.6. The van der Waals surface area contributed by atoms with Gasteiger partial charge in [-0.05, 0) is 100 Å². The van der Waals surface area contributed by atoms with Gasteiger partial charge in [0.2, 0.25) is 0 Å². The summed E-state index contributed by atoms with van der Waals surface area (Å²) in [5.74, 6) is 0. The molecule has 0 unspecified atom stereocenters. The third kappa shape index (κ3) is 4.35. The first-order valence-corrected chi connectivity index (χ1v) is 20.9. The first-order valence-electron chi connectivity index (χ1n) is 20.9. The average molecular weight is 773 g/mol. The van der Waals surface area contributed by atoms with Crippen LogP contribution in [0.15, 0.2) is 179 Å². The van der Waals surface area contributed by atoms with E-state index in [2.05, 4.69) is 195 Å². The van der Waals surface area contributed by atoms with Gasteiger partial charge in [-0.15, -0.1) is 0 Å². The molecule has 0 radical (unpaired) electrons. The fraction of sp³-hybridized carbons (Fsp3) is 0.107. The van der Waals surface area contributed by atoms with Gasteiger partial charge >= 0.3 is 0 Å². The molecule has 0 saturated carbocycles. The Morgan fingerprint density at radius 2 is 1.07 bits per heavy atom. The highest BCUT2D eigenvalue weighted by molar-refractivity contribution is 6.16. The summed E-state index contributed by atoms with van der Waals surface area (Å²) in [4.78, 5) is 2.41. The number of furan rings is 2. The standard InChI is InChI=1S/C56H40N2O2/c1-55(2)43-20-11-8-17-36(43)41-32-51-42(31-45(41)55)52-46(22-14-24-49(52)60-51)57(35-25-27-38-37-18-10-13-23-48(37)59-50(38)30-35)34-26-28-40-47(29-34)58(33-15-6-5-7-16-33)54-39-19-9-12-21-44(39)56(3,4)53(40)54/h5-32H,1-4H3.